The summed E-state index contributed by atoms with van der Waals surface area (Å²) in [5, 5.41) is 10.1. The van der Waals surface area contributed by atoms with E-state index in [0.717, 1.165) is 11.1 Å². The van der Waals surface area contributed by atoms with E-state index in [9.17, 15) is 5.26 Å². The maximum atomic E-state index is 9.41. The average Bonchev–Trinajstić information content (AvgIpc) is 2.98. The molecule has 0 heterocycles. The van der Waals surface area contributed by atoms with Crippen molar-refractivity contribution in [1.29, 1.82) is 5.26 Å². The molecule has 0 amide bonds. The summed E-state index contributed by atoms with van der Waals surface area (Å²) in [6.07, 6.45) is 8.06. The number of hydrogen-bond acceptors (Lipinski definition) is 1. The van der Waals surface area contributed by atoms with Crippen molar-refractivity contribution in [2.75, 3.05) is 0 Å². The van der Waals surface area contributed by atoms with Gasteiger partial charge in [0.2, 0.25) is 0 Å². The van der Waals surface area contributed by atoms with Crippen LogP contribution in [0.15, 0.2) is 42.5 Å². The molecule has 0 radical (unpaired) electrons. The van der Waals surface area contributed by atoms with Gasteiger partial charge < -0.3 is 0 Å². The Kier molecular flexibility index (Phi) is 3.21. The second-order valence-electron chi connectivity index (χ2n) is 5.59. The molecule has 0 aromatic heterocycles. The fourth-order valence-electron chi connectivity index (χ4n) is 3.43. The first-order valence-corrected chi connectivity index (χ1v) is 7.13. The van der Waals surface area contributed by atoms with Gasteiger partial charge in [0.15, 0.2) is 0 Å². The van der Waals surface area contributed by atoms with E-state index in [-0.39, 0.29) is 0 Å². The third-order valence-electron chi connectivity index (χ3n) is 4.54. The lowest BCUT2D eigenvalue weighted by molar-refractivity contribution is 0.404. The third-order valence-corrected chi connectivity index (χ3v) is 4.78. The van der Waals surface area contributed by atoms with E-state index < -0.39 is 0 Å². The summed E-state index contributed by atoms with van der Waals surface area (Å²) in [6, 6.07) is 9.88. The van der Waals surface area contributed by atoms with Gasteiger partial charge in [-0.05, 0) is 47.8 Å². The molecule has 4 unspecified atom stereocenters. The third kappa shape index (κ3) is 2.22. The topological polar surface area (TPSA) is 23.8 Å². The predicted octanol–water partition coefficient (Wildman–Crippen LogP) is 4.71. The smallest absolute Gasteiger partial charge is 0.0994 e. The standard InChI is InChI=1S/C17H16ClN/c1-11-12-5-6-14(7-12)17(11)9-15(10-19)13-3-2-4-16(18)8-13/h2-6,8-9,11-12,14,17H,7H2,1H3/b15-9+. The van der Waals surface area contributed by atoms with E-state index in [1.807, 2.05) is 24.3 Å². The molecule has 1 aromatic rings. The van der Waals surface area contributed by atoms with Crippen LogP contribution < -0.4 is 0 Å². The SMILES string of the molecule is CC1C2C=CC(C2)C1/C=C(\C#N)c1cccc(Cl)c1. The lowest BCUT2D eigenvalue weighted by Crippen LogP contribution is -2.14. The highest BCUT2D eigenvalue weighted by Gasteiger charge is 2.40. The van der Waals surface area contributed by atoms with Crippen molar-refractivity contribution >= 4 is 17.2 Å². The average molecular weight is 270 g/mol. The van der Waals surface area contributed by atoms with Crippen molar-refractivity contribution in [3.05, 3.63) is 53.1 Å². The summed E-state index contributed by atoms with van der Waals surface area (Å²) in [5.41, 5.74) is 1.68. The number of allylic oxidation sites excluding steroid dienone is 4. The van der Waals surface area contributed by atoms with E-state index in [2.05, 4.69) is 31.2 Å². The van der Waals surface area contributed by atoms with Gasteiger partial charge in [0.25, 0.3) is 0 Å². The molecule has 3 rings (SSSR count). The van der Waals surface area contributed by atoms with Crippen LogP contribution in [0.4, 0.5) is 0 Å². The van der Waals surface area contributed by atoms with Gasteiger partial charge in [-0.3, -0.25) is 0 Å². The Labute approximate surface area is 119 Å². The number of nitrogens with zero attached hydrogens (tertiary/aromatic N) is 1. The minimum atomic E-state index is 0.489. The number of benzene rings is 1. The summed E-state index contributed by atoms with van der Waals surface area (Å²) < 4.78 is 0. The monoisotopic (exact) mass is 269 g/mol. The first kappa shape index (κ1) is 12.5. The molecule has 1 saturated carbocycles. The van der Waals surface area contributed by atoms with E-state index in [1.54, 1.807) is 0 Å². The molecular weight excluding hydrogens is 254 g/mol. The number of hydrogen-bond donors (Lipinski definition) is 0. The molecule has 0 aliphatic heterocycles. The Balaban J connectivity index is 1.93. The van der Waals surface area contributed by atoms with Crippen molar-refractivity contribution in [3.63, 3.8) is 0 Å². The molecule has 0 saturated heterocycles. The first-order chi connectivity index (χ1) is 9.19. The maximum Gasteiger partial charge on any atom is 0.0994 e. The summed E-state index contributed by atoms with van der Waals surface area (Å²) in [5.74, 6) is 2.44. The number of fused-ring (bicyclic) bond motifs is 2. The van der Waals surface area contributed by atoms with E-state index in [0.29, 0.717) is 28.7 Å². The Morgan fingerprint density at radius 3 is 2.79 bits per heavy atom. The number of halogens is 1. The van der Waals surface area contributed by atoms with Crippen LogP contribution in [0.2, 0.25) is 5.02 Å². The number of nitriles is 1. The van der Waals surface area contributed by atoms with Crippen LogP contribution in [0.3, 0.4) is 0 Å². The minimum absolute atomic E-state index is 0.489. The molecule has 4 atom stereocenters. The van der Waals surface area contributed by atoms with Gasteiger partial charge >= 0.3 is 0 Å². The molecule has 2 aliphatic rings. The van der Waals surface area contributed by atoms with Gasteiger partial charge in [-0.25, -0.2) is 0 Å². The Morgan fingerprint density at radius 1 is 1.37 bits per heavy atom. The van der Waals surface area contributed by atoms with Crippen molar-refractivity contribution in [2.24, 2.45) is 23.7 Å². The Bertz CT molecular complexity index is 594. The fourth-order valence-corrected chi connectivity index (χ4v) is 3.62. The second-order valence-corrected chi connectivity index (χ2v) is 6.02. The molecular formula is C17H16ClN. The molecule has 2 bridgehead atoms. The van der Waals surface area contributed by atoms with Crippen LogP contribution in [-0.4, -0.2) is 0 Å². The summed E-state index contributed by atoms with van der Waals surface area (Å²) in [6.45, 7) is 2.29. The van der Waals surface area contributed by atoms with Crippen LogP contribution in [0.1, 0.15) is 18.9 Å². The highest BCUT2D eigenvalue weighted by Crippen LogP contribution is 2.49. The molecule has 0 spiro atoms. The van der Waals surface area contributed by atoms with Gasteiger partial charge in [0, 0.05) is 5.02 Å². The predicted molar refractivity (Wildman–Crippen MR) is 78.4 cm³/mol. The van der Waals surface area contributed by atoms with Crippen LogP contribution in [-0.2, 0) is 0 Å². The molecule has 2 heteroatoms. The Hall–Kier alpha value is -1.52. The largest absolute Gasteiger partial charge is 0.192 e. The zero-order valence-corrected chi connectivity index (χ0v) is 11.6. The maximum absolute atomic E-state index is 9.41. The first-order valence-electron chi connectivity index (χ1n) is 6.75. The zero-order chi connectivity index (χ0) is 13.4. The summed E-state index contributed by atoms with van der Waals surface area (Å²) in [4.78, 5) is 0. The normalized spacial score (nSPS) is 32.6. The molecule has 1 fully saturated rings. The van der Waals surface area contributed by atoms with Crippen LogP contribution in [0, 0.1) is 35.0 Å². The molecule has 19 heavy (non-hydrogen) atoms. The van der Waals surface area contributed by atoms with Gasteiger partial charge in [0.05, 0.1) is 11.6 Å². The molecule has 2 aliphatic carbocycles. The van der Waals surface area contributed by atoms with Crippen molar-refractivity contribution < 1.29 is 0 Å². The second kappa shape index (κ2) is 4.87. The highest BCUT2D eigenvalue weighted by molar-refractivity contribution is 6.30. The van der Waals surface area contributed by atoms with Crippen LogP contribution in [0.5, 0.6) is 0 Å². The fraction of sp³-hybridized carbons (Fsp3) is 0.353. The molecule has 1 nitrogen and oxygen atoms in total. The zero-order valence-electron chi connectivity index (χ0n) is 10.9. The van der Waals surface area contributed by atoms with Crippen LogP contribution >= 0.6 is 11.6 Å². The minimum Gasteiger partial charge on any atom is -0.192 e. The van der Waals surface area contributed by atoms with Crippen molar-refractivity contribution in [3.8, 4) is 6.07 Å². The van der Waals surface area contributed by atoms with Gasteiger partial charge in [-0.15, -0.1) is 0 Å². The lowest BCUT2D eigenvalue weighted by atomic mass is 9.82. The Morgan fingerprint density at radius 2 is 2.16 bits per heavy atom. The van der Waals surface area contributed by atoms with Crippen LogP contribution in [0.25, 0.3) is 5.57 Å². The molecule has 1 aromatic carbocycles. The molecule has 0 N–H and O–H groups in total. The summed E-state index contributed by atoms with van der Waals surface area (Å²) in [7, 11) is 0. The van der Waals surface area contributed by atoms with Gasteiger partial charge in [0.1, 0.15) is 0 Å². The quantitative estimate of drug-likeness (QED) is 0.564. The van der Waals surface area contributed by atoms with E-state index in [1.165, 1.54) is 6.42 Å². The van der Waals surface area contributed by atoms with Gasteiger partial charge in [-0.2, -0.15) is 5.26 Å². The van der Waals surface area contributed by atoms with E-state index >= 15 is 0 Å². The van der Waals surface area contributed by atoms with Crippen molar-refractivity contribution in [2.45, 2.75) is 13.3 Å². The summed E-state index contributed by atoms with van der Waals surface area (Å²) >= 11 is 6.01. The molecule has 96 valence electrons. The van der Waals surface area contributed by atoms with Gasteiger partial charge in [-0.1, -0.05) is 48.9 Å². The lowest BCUT2D eigenvalue weighted by Gasteiger charge is -2.22. The van der Waals surface area contributed by atoms with E-state index in [4.69, 9.17) is 11.6 Å². The highest BCUT2D eigenvalue weighted by atomic mass is 35.5. The number of rotatable bonds is 2. The van der Waals surface area contributed by atoms with Crippen molar-refractivity contribution in [1.82, 2.24) is 0 Å².